The molecular weight excluding hydrogens is 952 g/mol. The summed E-state index contributed by atoms with van der Waals surface area (Å²) in [5.41, 5.74) is 14.9. The Morgan fingerprint density at radius 3 is 0.424 bits per heavy atom. The lowest BCUT2D eigenvalue weighted by atomic mass is 10.1. The van der Waals surface area contributed by atoms with Crippen molar-refractivity contribution in [3.05, 3.63) is 117 Å². The van der Waals surface area contributed by atoms with Crippen LogP contribution in [0.15, 0.2) is 72.8 Å². The Bertz CT molecular complexity index is 2110. The van der Waals surface area contributed by atoms with E-state index in [0.717, 1.165) is 24.3 Å². The minimum Gasteiger partial charge on any atom is -0.759 e. The van der Waals surface area contributed by atoms with Gasteiger partial charge in [-0.15, -0.1) is 0 Å². The molecule has 0 aliphatic heterocycles. The van der Waals surface area contributed by atoms with Crippen LogP contribution in [-0.4, -0.2) is 146 Å². The Morgan fingerprint density at radius 2 is 0.364 bits per heavy atom. The molecule has 0 heterocycles. The first-order valence-electron chi connectivity index (χ1n) is 15.1. The minimum absolute atomic E-state index is 0. The number of carboxylic acids is 8. The second-order valence-corrected chi connectivity index (χ2v) is 12.6. The summed E-state index contributed by atoms with van der Waals surface area (Å²) in [4.78, 5) is 84.1. The standard InChI is InChI=1S/4C8H7NO4.2H2O4S.4H2O/c4*9-6-2-4(7(10)11)1-5(3-6)8(12)13;2*1-5(2,3)4;;;;/h4*1-3H,9H2,(H,10,11)(H,12,13);2*(H2,1,2,3,4);4*1H2. The van der Waals surface area contributed by atoms with E-state index in [-0.39, 0.29) is 66.4 Å². The first-order chi connectivity index (χ1) is 28.0. The Labute approximate surface area is 367 Å². The molecule has 0 aromatic heterocycles. The molecule has 0 radical (unpaired) electrons. The van der Waals surface area contributed by atoms with Crippen LogP contribution in [0.25, 0.3) is 0 Å². The third-order valence-electron chi connectivity index (χ3n) is 5.95. The van der Waals surface area contributed by atoms with Crippen LogP contribution in [0.3, 0.4) is 0 Å². The molecule has 0 fully saturated rings. The number of quaternary nitrogens is 4. The fraction of sp³-hybridized carbons (Fsp3) is 0. The van der Waals surface area contributed by atoms with E-state index >= 15 is 0 Å². The number of hydrogen-bond acceptors (Lipinski definition) is 16. The largest absolute Gasteiger partial charge is 0.759 e. The summed E-state index contributed by atoms with van der Waals surface area (Å²) < 4.78 is 68.2. The van der Waals surface area contributed by atoms with Gasteiger partial charge in [0.15, 0.2) is 0 Å². The molecule has 0 saturated carbocycles. The quantitative estimate of drug-likeness (QED) is 0.0577. The van der Waals surface area contributed by atoms with Crippen molar-refractivity contribution in [3.63, 3.8) is 0 Å². The average Bonchev–Trinajstić information content (AvgIpc) is 3.09. The van der Waals surface area contributed by atoms with Gasteiger partial charge < -0.3 is 104 Å². The van der Waals surface area contributed by atoms with Crippen LogP contribution in [0.1, 0.15) is 82.9 Å². The van der Waals surface area contributed by atoms with Crippen LogP contribution >= 0.6 is 0 Å². The zero-order chi connectivity index (χ0) is 49.0. The van der Waals surface area contributed by atoms with E-state index < -0.39 is 68.6 Å². The highest BCUT2D eigenvalue weighted by Gasteiger charge is 2.14. The summed E-state index contributed by atoms with van der Waals surface area (Å²) in [5, 5.41) is 68.8. The second-order valence-electron chi connectivity index (χ2n) is 10.9. The number of rotatable bonds is 8. The molecule has 0 atom stereocenters. The Hall–Kier alpha value is -7.94. The Morgan fingerprint density at radius 1 is 0.288 bits per heavy atom. The van der Waals surface area contributed by atoms with E-state index in [0.29, 0.717) is 22.7 Å². The van der Waals surface area contributed by atoms with Crippen molar-refractivity contribution < 1.29 is 159 Å². The molecule has 66 heavy (non-hydrogen) atoms. The van der Waals surface area contributed by atoms with Gasteiger partial charge in [0.2, 0.25) is 0 Å². The van der Waals surface area contributed by atoms with Gasteiger partial charge in [0, 0.05) is 69.3 Å². The number of hydrogen-bond donors (Lipinski definition) is 12. The molecule has 0 aliphatic rings. The molecule has 0 bridgehead atoms. The van der Waals surface area contributed by atoms with E-state index in [2.05, 4.69) is 22.9 Å². The molecule has 32 nitrogen and oxygen atoms in total. The van der Waals surface area contributed by atoms with Gasteiger partial charge in [0.1, 0.15) is 22.7 Å². The first-order valence-corrected chi connectivity index (χ1v) is 17.8. The molecule has 0 aliphatic carbocycles. The number of carboxylic acid groups (broad SMARTS) is 8. The van der Waals surface area contributed by atoms with E-state index in [1.807, 2.05) is 0 Å². The topological polar surface area (TPSA) is 695 Å². The SMILES string of the molecule is O.O.O.O.O=S(=O)([O-])[O-].O=S(=O)([O-])[O-].[NH3+]c1cc(C(=O)O)cc(C(=O)O)c1.[NH3+]c1cc(C(=O)O)cc(C(=O)O)c1.[NH3+]c1cc(C(=O)O)cc(C(=O)O)c1.[NH3+]c1cc(C(=O)O)cc(C(=O)O)c1. The molecule has 28 N–H and O–H groups in total. The van der Waals surface area contributed by atoms with Crippen LogP contribution in [0.5, 0.6) is 0 Å². The summed E-state index contributed by atoms with van der Waals surface area (Å²) in [6, 6.07) is 14.9. The molecule has 34 heteroatoms. The van der Waals surface area contributed by atoms with E-state index in [1.54, 1.807) is 0 Å². The maximum Gasteiger partial charge on any atom is 0.335 e. The molecule has 0 saturated heterocycles. The lowest BCUT2D eigenvalue weighted by Crippen LogP contribution is -2.40. The average molecular weight is 993 g/mol. The van der Waals surface area contributed by atoms with Crippen molar-refractivity contribution in [1.29, 1.82) is 0 Å². The summed E-state index contributed by atoms with van der Waals surface area (Å²) in [6.45, 7) is 0. The van der Waals surface area contributed by atoms with E-state index in [9.17, 15) is 38.4 Å². The van der Waals surface area contributed by atoms with Crippen molar-refractivity contribution in [2.24, 2.45) is 0 Å². The number of benzene rings is 4. The minimum atomic E-state index is -5.17. The maximum absolute atomic E-state index is 10.5. The predicted molar refractivity (Wildman–Crippen MR) is 207 cm³/mol. The zero-order valence-electron chi connectivity index (χ0n) is 32.7. The predicted octanol–water partition coefficient (Wildman–Crippen LogP) is -6.15. The molecule has 0 unspecified atom stereocenters. The Balaban J connectivity index is -0.000000167. The monoisotopic (exact) mass is 992 g/mol. The van der Waals surface area contributed by atoms with Crippen LogP contribution in [0.2, 0.25) is 0 Å². The molecule has 0 amide bonds. The van der Waals surface area contributed by atoms with Gasteiger partial charge in [-0.1, -0.05) is 0 Å². The van der Waals surface area contributed by atoms with Crippen molar-refractivity contribution in [2.75, 3.05) is 0 Å². The van der Waals surface area contributed by atoms with Gasteiger partial charge in [-0.2, -0.15) is 0 Å². The summed E-state index contributed by atoms with van der Waals surface area (Å²) in [6.07, 6.45) is 0. The molecule has 4 aromatic rings. The fourth-order valence-corrected chi connectivity index (χ4v) is 3.76. The second kappa shape index (κ2) is 31.0. The van der Waals surface area contributed by atoms with Gasteiger partial charge in [-0.05, 0) is 24.3 Å². The molecule has 4 rings (SSSR count). The number of carbonyl (C=O) groups is 8. The van der Waals surface area contributed by atoms with Crippen LogP contribution < -0.4 is 22.9 Å². The molecule has 0 spiro atoms. The van der Waals surface area contributed by atoms with Gasteiger partial charge in [0.25, 0.3) is 0 Å². The van der Waals surface area contributed by atoms with Gasteiger partial charge in [-0.3, -0.25) is 16.8 Å². The summed E-state index contributed by atoms with van der Waals surface area (Å²) in [5.74, 6) is -9.27. The first kappa shape index (κ1) is 69.7. The van der Waals surface area contributed by atoms with Gasteiger partial charge in [-0.25, -0.2) is 38.4 Å². The van der Waals surface area contributed by atoms with Crippen molar-refractivity contribution >= 4 is 91.3 Å². The van der Waals surface area contributed by atoms with E-state index in [1.165, 1.54) is 48.5 Å². The van der Waals surface area contributed by atoms with Crippen molar-refractivity contribution in [2.45, 2.75) is 0 Å². The van der Waals surface area contributed by atoms with Crippen LogP contribution in [0.4, 0.5) is 22.7 Å². The van der Waals surface area contributed by atoms with Gasteiger partial charge >= 0.3 is 47.8 Å². The van der Waals surface area contributed by atoms with Crippen molar-refractivity contribution in [3.8, 4) is 0 Å². The fourth-order valence-electron chi connectivity index (χ4n) is 3.76. The molecule has 368 valence electrons. The smallest absolute Gasteiger partial charge is 0.335 e. The summed E-state index contributed by atoms with van der Waals surface area (Å²) >= 11 is 0. The molecule has 4 aromatic carbocycles. The van der Waals surface area contributed by atoms with Crippen LogP contribution in [-0.2, 0) is 20.8 Å². The number of aromatic carboxylic acids is 8. The van der Waals surface area contributed by atoms with Gasteiger partial charge in [0.05, 0.1) is 44.5 Å². The summed E-state index contributed by atoms with van der Waals surface area (Å²) in [7, 11) is -10.3. The molecular formula is C32H40N4O28S2. The highest BCUT2D eigenvalue weighted by Crippen LogP contribution is 2.13. The van der Waals surface area contributed by atoms with Crippen molar-refractivity contribution in [1.82, 2.24) is 0 Å². The zero-order valence-corrected chi connectivity index (χ0v) is 34.3. The maximum atomic E-state index is 10.5. The highest BCUT2D eigenvalue weighted by molar-refractivity contribution is 7.79. The lowest BCUT2D eigenvalue weighted by Gasteiger charge is -2.06. The third kappa shape index (κ3) is 32.7. The Kier molecular flexibility index (Phi) is 32.8. The lowest BCUT2D eigenvalue weighted by molar-refractivity contribution is -0.255. The normalized spacial score (nSPS) is 9.33. The van der Waals surface area contributed by atoms with E-state index in [4.69, 9.17) is 75.9 Å². The third-order valence-corrected chi connectivity index (χ3v) is 5.95. The highest BCUT2D eigenvalue weighted by atomic mass is 32.3. The van der Waals surface area contributed by atoms with Crippen LogP contribution in [0, 0.1) is 0 Å².